The Balaban J connectivity index is 0.00000612. The number of rotatable bonds is 19. The Kier molecular flexibility index (Phi) is 17.5. The summed E-state index contributed by atoms with van der Waals surface area (Å²) in [5.41, 5.74) is 2.33. The molecule has 0 saturated carbocycles. The molecule has 192 valence electrons. The van der Waals surface area contributed by atoms with E-state index in [1.807, 2.05) is 18.2 Å². The fourth-order valence-electron chi connectivity index (χ4n) is 5.07. The van der Waals surface area contributed by atoms with E-state index in [2.05, 4.69) is 13.8 Å². The van der Waals surface area contributed by atoms with Crippen molar-refractivity contribution in [1.29, 1.82) is 0 Å². The van der Waals surface area contributed by atoms with Crippen molar-refractivity contribution in [1.82, 2.24) is 0 Å². The van der Waals surface area contributed by atoms with Crippen molar-refractivity contribution in [3.63, 3.8) is 0 Å². The third-order valence-corrected chi connectivity index (χ3v) is 7.94. The third kappa shape index (κ3) is 12.1. The Hall–Kier alpha value is -0.390. The SMILES string of the molecule is CCCCCCCCCCc1cc(S(=O)(=O)[O-])c2ccccc2c1CCCCCCCCCC.[Na+]. The van der Waals surface area contributed by atoms with Gasteiger partial charge in [-0.2, -0.15) is 0 Å². The first-order chi connectivity index (χ1) is 16.5. The zero-order chi connectivity index (χ0) is 24.7. The summed E-state index contributed by atoms with van der Waals surface area (Å²) in [6.07, 6.45) is 22.0. The maximum Gasteiger partial charge on any atom is 1.00 e. The van der Waals surface area contributed by atoms with Crippen molar-refractivity contribution in [2.75, 3.05) is 0 Å². The van der Waals surface area contributed by atoms with Gasteiger partial charge in [0.1, 0.15) is 10.1 Å². The van der Waals surface area contributed by atoms with Gasteiger partial charge in [-0.25, -0.2) is 8.42 Å². The average molecular weight is 511 g/mol. The topological polar surface area (TPSA) is 57.2 Å². The summed E-state index contributed by atoms with van der Waals surface area (Å²) in [6.45, 7) is 4.49. The molecular formula is C30H47NaO3S. The molecule has 5 heteroatoms. The summed E-state index contributed by atoms with van der Waals surface area (Å²) in [4.78, 5) is -0.0441. The van der Waals surface area contributed by atoms with E-state index in [1.54, 1.807) is 12.1 Å². The molecule has 0 N–H and O–H groups in total. The molecule has 0 spiro atoms. The van der Waals surface area contributed by atoms with Crippen LogP contribution < -0.4 is 29.6 Å². The molecule has 0 radical (unpaired) electrons. The van der Waals surface area contributed by atoms with E-state index in [4.69, 9.17) is 0 Å². The van der Waals surface area contributed by atoms with Crippen LogP contribution in [-0.4, -0.2) is 13.0 Å². The van der Waals surface area contributed by atoms with Crippen molar-refractivity contribution in [2.24, 2.45) is 0 Å². The Morgan fingerprint density at radius 1 is 0.629 bits per heavy atom. The Bertz CT molecular complexity index is 940. The summed E-state index contributed by atoms with van der Waals surface area (Å²) < 4.78 is 36.2. The van der Waals surface area contributed by atoms with Gasteiger partial charge in [-0.1, -0.05) is 128 Å². The van der Waals surface area contributed by atoms with Gasteiger partial charge < -0.3 is 4.55 Å². The first kappa shape index (κ1) is 32.6. The zero-order valence-corrected chi connectivity index (χ0v) is 25.6. The van der Waals surface area contributed by atoms with Crippen LogP contribution in [0.4, 0.5) is 0 Å². The number of aryl methyl sites for hydroxylation is 2. The van der Waals surface area contributed by atoms with Crippen LogP contribution in [-0.2, 0) is 23.0 Å². The van der Waals surface area contributed by atoms with Gasteiger partial charge in [0.15, 0.2) is 0 Å². The molecule has 0 atom stereocenters. The number of hydrogen-bond donors (Lipinski definition) is 0. The van der Waals surface area contributed by atoms with Crippen LogP contribution in [0.5, 0.6) is 0 Å². The summed E-state index contributed by atoms with van der Waals surface area (Å²) in [7, 11) is -4.51. The fraction of sp³-hybridized carbons (Fsp3) is 0.667. The molecule has 0 aliphatic carbocycles. The standard InChI is InChI=1S/C30H48O3S.Na/c1-3-5-7-9-11-13-15-17-21-26-25-30(34(31,32)33)29-24-20-19-23-28(29)27(26)22-18-16-14-12-10-8-6-4-2;/h19-20,23-25H,3-18,21-22H2,1-2H3,(H,31,32,33);/q;+1/p-1. The predicted molar refractivity (Wildman–Crippen MR) is 145 cm³/mol. The van der Waals surface area contributed by atoms with E-state index in [9.17, 15) is 13.0 Å². The Morgan fingerprint density at radius 2 is 1.06 bits per heavy atom. The molecule has 0 saturated heterocycles. The average Bonchev–Trinajstić information content (AvgIpc) is 2.82. The molecule has 0 aromatic heterocycles. The largest absolute Gasteiger partial charge is 1.00 e. The van der Waals surface area contributed by atoms with E-state index in [-0.39, 0.29) is 34.5 Å². The van der Waals surface area contributed by atoms with E-state index in [1.165, 1.54) is 89.0 Å². The van der Waals surface area contributed by atoms with Gasteiger partial charge in [0.2, 0.25) is 0 Å². The van der Waals surface area contributed by atoms with Gasteiger partial charge in [-0.15, -0.1) is 0 Å². The molecular weight excluding hydrogens is 463 g/mol. The molecule has 0 unspecified atom stereocenters. The van der Waals surface area contributed by atoms with Gasteiger partial charge >= 0.3 is 29.6 Å². The van der Waals surface area contributed by atoms with Crippen LogP contribution in [0.15, 0.2) is 35.2 Å². The number of hydrogen-bond acceptors (Lipinski definition) is 3. The smallest absolute Gasteiger partial charge is 0.744 e. The van der Waals surface area contributed by atoms with Crippen LogP contribution in [0.2, 0.25) is 0 Å². The molecule has 0 aliphatic rings. The maximum atomic E-state index is 12.1. The third-order valence-electron chi connectivity index (χ3n) is 7.06. The molecule has 0 bridgehead atoms. The summed E-state index contributed by atoms with van der Waals surface area (Å²) >= 11 is 0. The summed E-state index contributed by atoms with van der Waals surface area (Å²) in [6, 6.07) is 9.28. The number of benzene rings is 2. The Morgan fingerprint density at radius 3 is 1.54 bits per heavy atom. The first-order valence-corrected chi connectivity index (χ1v) is 15.4. The quantitative estimate of drug-likeness (QED) is 0.130. The molecule has 2 aromatic rings. The van der Waals surface area contributed by atoms with Gasteiger partial charge in [-0.3, -0.25) is 0 Å². The minimum absolute atomic E-state index is 0. The Labute approximate surface area is 237 Å². The van der Waals surface area contributed by atoms with E-state index < -0.39 is 10.1 Å². The van der Waals surface area contributed by atoms with Crippen LogP contribution >= 0.6 is 0 Å². The van der Waals surface area contributed by atoms with Crippen molar-refractivity contribution < 1.29 is 42.5 Å². The predicted octanol–water partition coefficient (Wildman–Crippen LogP) is 6.11. The zero-order valence-electron chi connectivity index (χ0n) is 22.7. The molecule has 2 aromatic carbocycles. The minimum atomic E-state index is -4.51. The number of fused-ring (bicyclic) bond motifs is 1. The molecule has 0 aliphatic heterocycles. The second kappa shape index (κ2) is 18.8. The molecule has 0 heterocycles. The summed E-state index contributed by atoms with van der Waals surface area (Å²) in [5, 5.41) is 1.55. The van der Waals surface area contributed by atoms with Crippen LogP contribution in [0.3, 0.4) is 0 Å². The molecule has 0 fully saturated rings. The fourth-order valence-corrected chi connectivity index (χ4v) is 5.80. The normalized spacial score (nSPS) is 11.6. The van der Waals surface area contributed by atoms with E-state index in [0.717, 1.165) is 43.1 Å². The summed E-state index contributed by atoms with van der Waals surface area (Å²) in [5.74, 6) is 0. The molecule has 35 heavy (non-hydrogen) atoms. The van der Waals surface area contributed by atoms with E-state index in [0.29, 0.717) is 5.39 Å². The van der Waals surface area contributed by atoms with Crippen molar-refractivity contribution >= 4 is 20.9 Å². The minimum Gasteiger partial charge on any atom is -0.744 e. The van der Waals surface area contributed by atoms with Crippen molar-refractivity contribution in [3.8, 4) is 0 Å². The van der Waals surface area contributed by atoms with Crippen LogP contribution in [0, 0.1) is 0 Å². The van der Waals surface area contributed by atoms with Crippen molar-refractivity contribution in [3.05, 3.63) is 41.5 Å². The molecule has 2 rings (SSSR count). The molecule has 3 nitrogen and oxygen atoms in total. The maximum absolute atomic E-state index is 12.1. The first-order valence-electron chi connectivity index (χ1n) is 14.0. The van der Waals surface area contributed by atoms with Crippen molar-refractivity contribution in [2.45, 2.75) is 134 Å². The second-order valence-electron chi connectivity index (χ2n) is 9.96. The van der Waals surface area contributed by atoms with Gasteiger partial charge in [0, 0.05) is 0 Å². The van der Waals surface area contributed by atoms with Gasteiger partial charge in [0.25, 0.3) is 0 Å². The molecule has 0 amide bonds. The monoisotopic (exact) mass is 510 g/mol. The number of unbranched alkanes of at least 4 members (excludes halogenated alkanes) is 14. The van der Waals surface area contributed by atoms with Gasteiger partial charge in [0.05, 0.1) is 4.90 Å². The van der Waals surface area contributed by atoms with Crippen LogP contribution in [0.1, 0.15) is 128 Å². The van der Waals surface area contributed by atoms with E-state index >= 15 is 0 Å². The van der Waals surface area contributed by atoms with Crippen LogP contribution in [0.25, 0.3) is 10.8 Å². The van der Waals surface area contributed by atoms with Gasteiger partial charge in [-0.05, 0) is 53.6 Å². The second-order valence-corrected chi connectivity index (χ2v) is 11.3.